The van der Waals surface area contributed by atoms with Crippen LogP contribution in [-0.4, -0.2) is 0 Å². The van der Waals surface area contributed by atoms with Gasteiger partial charge in [0, 0.05) is 33.9 Å². The number of nitrogens with zero attached hydrogens (tertiary/aromatic N) is 2. The Bertz CT molecular complexity index is 3540. The lowest BCUT2D eigenvalue weighted by atomic mass is 9.52. The summed E-state index contributed by atoms with van der Waals surface area (Å²) in [5, 5.41) is 5.55. The van der Waals surface area contributed by atoms with Gasteiger partial charge >= 0.3 is 0 Å². The molecular formula is C82H92N2. The molecule has 0 radical (unpaired) electrons. The van der Waals surface area contributed by atoms with Gasteiger partial charge in [-0.3, -0.25) is 0 Å². The Morgan fingerprint density at radius 1 is 0.298 bits per heavy atom. The molecule has 4 bridgehead atoms. The highest BCUT2D eigenvalue weighted by Crippen LogP contribution is 2.59. The Balaban J connectivity index is 0.983. The maximum absolute atomic E-state index is 2.61. The van der Waals surface area contributed by atoms with Crippen LogP contribution in [0.4, 0.5) is 34.1 Å². The molecule has 0 aliphatic heterocycles. The van der Waals surface area contributed by atoms with E-state index in [2.05, 4.69) is 233 Å². The number of benzene rings is 9. The second-order valence-corrected chi connectivity index (χ2v) is 27.6. The normalized spacial score (nSPS) is 21.2. The first kappa shape index (κ1) is 56.2. The molecule has 2 saturated carbocycles. The lowest BCUT2D eigenvalue weighted by Crippen LogP contribution is -2.44. The first-order valence-corrected chi connectivity index (χ1v) is 33.2. The molecule has 2 nitrogen and oxygen atoms in total. The van der Waals surface area contributed by atoms with Crippen molar-refractivity contribution in [3.63, 3.8) is 0 Å². The molecule has 2 fully saturated rings. The van der Waals surface area contributed by atoms with Crippen molar-refractivity contribution in [2.45, 2.75) is 204 Å². The van der Waals surface area contributed by atoms with Gasteiger partial charge in [0.15, 0.2) is 0 Å². The van der Waals surface area contributed by atoms with E-state index in [1.54, 1.807) is 33.4 Å². The molecule has 0 atom stereocenters. The third kappa shape index (κ3) is 10.4. The predicted molar refractivity (Wildman–Crippen MR) is 362 cm³/mol. The van der Waals surface area contributed by atoms with E-state index in [4.69, 9.17) is 0 Å². The van der Waals surface area contributed by atoms with Gasteiger partial charge in [0.2, 0.25) is 0 Å². The van der Waals surface area contributed by atoms with Crippen LogP contribution in [0.5, 0.6) is 0 Å². The van der Waals surface area contributed by atoms with E-state index in [0.717, 1.165) is 12.8 Å². The van der Waals surface area contributed by atoms with Crippen LogP contribution in [0.15, 0.2) is 182 Å². The van der Waals surface area contributed by atoms with Crippen LogP contribution >= 0.6 is 0 Å². The number of fused-ring (bicyclic) bond motifs is 7. The van der Waals surface area contributed by atoms with Crippen molar-refractivity contribution in [1.29, 1.82) is 0 Å². The van der Waals surface area contributed by atoms with E-state index in [1.165, 1.54) is 206 Å². The van der Waals surface area contributed by atoms with Gasteiger partial charge in [0.25, 0.3) is 0 Å². The minimum atomic E-state index is 0.238. The highest BCUT2D eigenvalue weighted by Gasteiger charge is 2.49. The third-order valence-electron chi connectivity index (χ3n) is 21.9. The molecule has 9 aromatic carbocycles. The number of unbranched alkanes of at least 4 members (excludes halogenated alkanes) is 10. The molecule has 0 aromatic heterocycles. The Labute approximate surface area is 504 Å². The maximum Gasteiger partial charge on any atom is 0.0540 e. The number of hydrogen-bond acceptors (Lipinski definition) is 2. The Kier molecular flexibility index (Phi) is 15.7. The number of anilines is 6. The topological polar surface area (TPSA) is 6.48 Å². The van der Waals surface area contributed by atoms with Gasteiger partial charge in [0.1, 0.15) is 0 Å². The summed E-state index contributed by atoms with van der Waals surface area (Å²) >= 11 is 0. The second-order valence-electron chi connectivity index (χ2n) is 27.6. The van der Waals surface area contributed by atoms with E-state index in [1.807, 2.05) is 0 Å². The molecule has 9 aromatic rings. The summed E-state index contributed by atoms with van der Waals surface area (Å²) < 4.78 is 0. The average Bonchev–Trinajstić information content (AvgIpc) is 2.91. The van der Waals surface area contributed by atoms with Gasteiger partial charge in [-0.15, -0.1) is 0 Å². The second kappa shape index (κ2) is 23.5. The summed E-state index contributed by atoms with van der Waals surface area (Å²) in [5.41, 5.74) is 23.0. The Morgan fingerprint density at radius 3 is 1.04 bits per heavy atom. The Morgan fingerprint density at radius 2 is 0.643 bits per heavy atom. The first-order chi connectivity index (χ1) is 41.0. The van der Waals surface area contributed by atoms with Crippen LogP contribution in [0, 0.1) is 0 Å². The highest BCUT2D eigenvalue weighted by molar-refractivity contribution is 6.13. The van der Waals surface area contributed by atoms with Crippen LogP contribution in [0.25, 0.3) is 43.8 Å². The molecule has 0 heterocycles. The SMILES string of the molecule is CCCCCCCCc1c(CCCCCCCC)c2cc(N(c3ccccc3)c3ccccc3-c3ccc4c(c3)C3(C)CCC4(C)CC3)ccc2c2ccc(N(c3ccccc3)c3ccccc3-c3ccc4c(c3)C3(C)CCC4(C)CC3)cc12. The standard InChI is InChI=1S/C82H92N2/c1-7-9-11-13-15-23-35-67-68(36-24-16-14-12-10-8-2)72-58-64(84(62-31-21-18-22-32-62)78-38-28-26-34-66(78)60-40-46-74-76(56-60)82(6)53-49-80(74,4)50-54-82)42-44-70(72)69-43-41-63(57-71(67)69)83(61-29-19-17-20-30-61)77-37-27-25-33-65(77)59-39-45-73-75(55-59)81(5)51-47-79(73,3)48-52-81/h17-22,25-34,37-46,55-58H,7-16,23-24,35-36,47-54H2,1-6H3. The number of aryl methyl sites for hydroxylation is 2. The quantitative estimate of drug-likeness (QED) is 0.0493. The van der Waals surface area contributed by atoms with E-state index in [0.29, 0.717) is 0 Å². The fourth-order valence-corrected chi connectivity index (χ4v) is 16.5. The van der Waals surface area contributed by atoms with E-state index >= 15 is 0 Å². The van der Waals surface area contributed by atoms with Gasteiger partial charge in [-0.2, -0.15) is 0 Å². The zero-order valence-electron chi connectivity index (χ0n) is 51.8. The monoisotopic (exact) mass is 1100 g/mol. The van der Waals surface area contributed by atoms with Crippen LogP contribution < -0.4 is 9.80 Å². The summed E-state index contributed by atoms with van der Waals surface area (Å²) in [6.07, 6.45) is 27.8. The zero-order valence-corrected chi connectivity index (χ0v) is 51.8. The van der Waals surface area contributed by atoms with Crippen molar-refractivity contribution >= 4 is 55.7 Å². The summed E-state index contributed by atoms with van der Waals surface area (Å²) in [4.78, 5) is 5.14. The van der Waals surface area contributed by atoms with Gasteiger partial charge < -0.3 is 9.80 Å². The Hall–Kier alpha value is -6.90. The van der Waals surface area contributed by atoms with Gasteiger partial charge in [-0.25, -0.2) is 0 Å². The van der Waals surface area contributed by atoms with Crippen molar-refractivity contribution < 1.29 is 0 Å². The minimum Gasteiger partial charge on any atom is -0.310 e. The smallest absolute Gasteiger partial charge is 0.0540 e. The van der Waals surface area contributed by atoms with Crippen molar-refractivity contribution in [3.8, 4) is 22.3 Å². The molecular weight excluding hydrogens is 1010 g/mol. The van der Waals surface area contributed by atoms with Gasteiger partial charge in [-0.1, -0.05) is 227 Å². The molecule has 15 rings (SSSR count). The lowest BCUT2D eigenvalue weighted by molar-refractivity contribution is 0.188. The highest BCUT2D eigenvalue weighted by atomic mass is 15.2. The fourth-order valence-electron chi connectivity index (χ4n) is 16.5. The van der Waals surface area contributed by atoms with Crippen molar-refractivity contribution in [2.75, 3.05) is 9.80 Å². The number of rotatable bonds is 22. The molecule has 0 unspecified atom stereocenters. The molecule has 2 heteroatoms. The summed E-state index contributed by atoms with van der Waals surface area (Å²) in [5.74, 6) is 0. The molecule has 430 valence electrons. The van der Waals surface area contributed by atoms with E-state index in [-0.39, 0.29) is 21.7 Å². The number of para-hydroxylation sites is 4. The predicted octanol–water partition coefficient (Wildman–Crippen LogP) is 24.3. The molecule has 6 aliphatic carbocycles. The summed E-state index contributed by atoms with van der Waals surface area (Å²) in [6.45, 7) is 14.8. The zero-order chi connectivity index (χ0) is 57.5. The van der Waals surface area contributed by atoms with Crippen molar-refractivity contribution in [3.05, 3.63) is 215 Å². The van der Waals surface area contributed by atoms with Crippen LogP contribution in [0.1, 0.15) is 203 Å². The third-order valence-corrected chi connectivity index (χ3v) is 21.9. The molecule has 6 aliphatic rings. The lowest BCUT2D eigenvalue weighted by Gasteiger charge is -2.52. The number of hydrogen-bond donors (Lipinski definition) is 0. The molecule has 0 spiro atoms. The van der Waals surface area contributed by atoms with Crippen molar-refractivity contribution in [1.82, 2.24) is 0 Å². The molecule has 0 saturated heterocycles. The van der Waals surface area contributed by atoms with E-state index < -0.39 is 0 Å². The first-order valence-electron chi connectivity index (χ1n) is 33.2. The molecule has 0 N–H and O–H groups in total. The van der Waals surface area contributed by atoms with Gasteiger partial charge in [-0.05, 0) is 225 Å². The largest absolute Gasteiger partial charge is 0.310 e. The molecule has 84 heavy (non-hydrogen) atoms. The van der Waals surface area contributed by atoms with Gasteiger partial charge in [0.05, 0.1) is 11.4 Å². The molecule has 0 amide bonds. The van der Waals surface area contributed by atoms with Crippen LogP contribution in [-0.2, 0) is 34.5 Å². The van der Waals surface area contributed by atoms with Crippen LogP contribution in [0.2, 0.25) is 0 Å². The van der Waals surface area contributed by atoms with E-state index in [9.17, 15) is 0 Å². The fraction of sp³-hybridized carbons (Fsp3) is 0.390. The summed E-state index contributed by atoms with van der Waals surface area (Å²) in [6, 6.07) is 71.1. The van der Waals surface area contributed by atoms with Crippen molar-refractivity contribution in [2.24, 2.45) is 0 Å². The minimum absolute atomic E-state index is 0.238. The average molecular weight is 1110 g/mol. The van der Waals surface area contributed by atoms with Crippen LogP contribution in [0.3, 0.4) is 0 Å². The summed E-state index contributed by atoms with van der Waals surface area (Å²) in [7, 11) is 0. The maximum atomic E-state index is 2.61.